The molecule has 4 heterocycles. The summed E-state index contributed by atoms with van der Waals surface area (Å²) in [5, 5.41) is 11.7. The van der Waals surface area contributed by atoms with Crippen molar-refractivity contribution in [2.24, 2.45) is 29.6 Å². The van der Waals surface area contributed by atoms with E-state index in [1.54, 1.807) is 83.1 Å². The molecule has 18 unspecified atom stereocenters. The number of carbonyl (C=O) groups is 4. The number of benzene rings is 2. The number of cyclic esters (lactones) is 1. The van der Waals surface area contributed by atoms with Gasteiger partial charge in [-0.3, -0.25) is 9.59 Å². The van der Waals surface area contributed by atoms with Crippen molar-refractivity contribution in [1.82, 2.24) is 4.90 Å². The predicted molar refractivity (Wildman–Crippen MR) is 248 cm³/mol. The van der Waals surface area contributed by atoms with Crippen molar-refractivity contribution in [3.63, 3.8) is 0 Å². The van der Waals surface area contributed by atoms with Gasteiger partial charge in [0.05, 0.1) is 54.0 Å². The van der Waals surface area contributed by atoms with Gasteiger partial charge >= 0.3 is 17.9 Å². The van der Waals surface area contributed by atoms with Gasteiger partial charge < -0.3 is 52.6 Å². The number of epoxide rings is 1. The third kappa shape index (κ3) is 12.1. The fraction of sp³-hybridized carbons (Fsp3) is 0.673. The Morgan fingerprint density at radius 2 is 1.29 bits per heavy atom. The van der Waals surface area contributed by atoms with Crippen LogP contribution in [0, 0.1) is 29.6 Å². The fourth-order valence-electron chi connectivity index (χ4n) is 9.80. The van der Waals surface area contributed by atoms with E-state index in [1.165, 1.54) is 7.11 Å². The molecule has 1 N–H and O–H groups in total. The van der Waals surface area contributed by atoms with Crippen molar-refractivity contribution < 1.29 is 66.9 Å². The highest BCUT2D eigenvalue weighted by Gasteiger charge is 2.58. The summed E-state index contributed by atoms with van der Waals surface area (Å²) in [7, 11) is 5.31. The Labute approximate surface area is 405 Å². The zero-order valence-electron chi connectivity index (χ0n) is 39.7. The van der Waals surface area contributed by atoms with Crippen LogP contribution < -0.4 is 0 Å². The van der Waals surface area contributed by atoms with Crippen LogP contribution in [-0.4, -0.2) is 141 Å². The first-order valence-electron chi connectivity index (χ1n) is 23.0. The average molecular weight is 1050 g/mol. The van der Waals surface area contributed by atoms with E-state index in [4.69, 9.17) is 42.6 Å². The molecule has 4 saturated heterocycles. The zero-order chi connectivity index (χ0) is 48.4. The topological polar surface area (TPSA) is 178 Å². The molecule has 6 rings (SSSR count). The number of hydrogen-bond donors (Lipinski definition) is 1. The minimum atomic E-state index is -1.23. The summed E-state index contributed by atoms with van der Waals surface area (Å²) in [6, 6.07) is 13.3. The van der Waals surface area contributed by atoms with Crippen molar-refractivity contribution in [2.45, 2.75) is 154 Å². The number of esters is 3. The van der Waals surface area contributed by atoms with E-state index in [2.05, 4.69) is 31.9 Å². The second-order valence-electron chi connectivity index (χ2n) is 19.1. The smallest absolute Gasteiger partial charge is 0.338 e. The van der Waals surface area contributed by atoms with Gasteiger partial charge in [-0.1, -0.05) is 59.6 Å². The molecular formula is C49H67Br2NO14. The molecule has 366 valence electrons. The Morgan fingerprint density at radius 3 is 1.82 bits per heavy atom. The van der Waals surface area contributed by atoms with Crippen molar-refractivity contribution in [3.8, 4) is 0 Å². The van der Waals surface area contributed by atoms with E-state index in [1.807, 2.05) is 39.8 Å². The molecule has 0 saturated carbocycles. The second-order valence-corrected chi connectivity index (χ2v) is 20.9. The number of Topliss-reactive ketones (excluding diaryl/α,β-unsaturated/α-hetero) is 1. The van der Waals surface area contributed by atoms with Crippen LogP contribution >= 0.6 is 31.9 Å². The number of nitrogens with zero attached hydrogens (tertiary/aromatic N) is 1. The molecule has 4 aliphatic rings. The SMILES string of the molecule is COC1CC(OC2C(C)C(=O)OC(C)C(C)C(OC(=O)c3ccc(Br)cc3)C(C)C(=O)C3(CO3)CC(C)C(OC3OC(C)CC(N(C)C)C3O)C2C)OC(C)C1OC(=O)c1ccc(Br)cc1. The van der Waals surface area contributed by atoms with E-state index in [0.29, 0.717) is 17.5 Å². The molecule has 66 heavy (non-hydrogen) atoms. The normalized spacial score (nSPS) is 39.2. The van der Waals surface area contributed by atoms with Gasteiger partial charge in [0.1, 0.15) is 24.4 Å². The highest BCUT2D eigenvalue weighted by Crippen LogP contribution is 2.44. The van der Waals surface area contributed by atoms with E-state index < -0.39 is 115 Å². The molecule has 0 aliphatic carbocycles. The van der Waals surface area contributed by atoms with Gasteiger partial charge in [-0.2, -0.15) is 0 Å². The number of methoxy groups -OCH3 is 1. The molecule has 4 fully saturated rings. The van der Waals surface area contributed by atoms with Gasteiger partial charge in [0, 0.05) is 40.4 Å². The largest absolute Gasteiger partial charge is 0.462 e. The van der Waals surface area contributed by atoms with Gasteiger partial charge in [-0.25, -0.2) is 9.59 Å². The van der Waals surface area contributed by atoms with Crippen LogP contribution in [0.15, 0.2) is 57.5 Å². The van der Waals surface area contributed by atoms with Crippen molar-refractivity contribution in [3.05, 3.63) is 68.6 Å². The van der Waals surface area contributed by atoms with Crippen LogP contribution in [-0.2, 0) is 52.2 Å². The molecule has 0 amide bonds. The van der Waals surface area contributed by atoms with Gasteiger partial charge in [0.2, 0.25) is 0 Å². The maximum atomic E-state index is 14.8. The van der Waals surface area contributed by atoms with Crippen LogP contribution in [0.2, 0.25) is 0 Å². The first kappa shape index (κ1) is 52.5. The van der Waals surface area contributed by atoms with Crippen molar-refractivity contribution in [1.29, 1.82) is 0 Å². The summed E-state index contributed by atoms with van der Waals surface area (Å²) in [6.45, 7) is 14.6. The van der Waals surface area contributed by atoms with Crippen LogP contribution in [0.25, 0.3) is 0 Å². The molecular weight excluding hydrogens is 986 g/mol. The zero-order valence-corrected chi connectivity index (χ0v) is 42.9. The lowest BCUT2D eigenvalue weighted by Gasteiger charge is -2.46. The molecule has 2 aromatic carbocycles. The number of likely N-dealkylation sites (N-methyl/N-ethyl adjacent to an activating group) is 1. The second kappa shape index (κ2) is 22.3. The maximum absolute atomic E-state index is 14.8. The third-order valence-electron chi connectivity index (χ3n) is 14.0. The van der Waals surface area contributed by atoms with Crippen LogP contribution in [0.5, 0.6) is 0 Å². The quantitative estimate of drug-likeness (QED) is 0.144. The van der Waals surface area contributed by atoms with E-state index in [-0.39, 0.29) is 37.4 Å². The summed E-state index contributed by atoms with van der Waals surface area (Å²) in [5.41, 5.74) is -0.564. The Balaban J connectivity index is 1.34. The van der Waals surface area contributed by atoms with Gasteiger partial charge in [0.25, 0.3) is 0 Å². The average Bonchev–Trinajstić information content (AvgIpc) is 4.06. The molecule has 2 aromatic rings. The summed E-state index contributed by atoms with van der Waals surface area (Å²) in [4.78, 5) is 58.2. The lowest BCUT2D eigenvalue weighted by Crippen LogP contribution is -2.57. The number of rotatable bonds is 10. The molecule has 15 nitrogen and oxygen atoms in total. The number of ether oxygens (including phenoxy) is 9. The number of carbonyl (C=O) groups excluding carboxylic acids is 4. The minimum Gasteiger partial charge on any atom is -0.462 e. The van der Waals surface area contributed by atoms with E-state index in [0.717, 1.165) is 8.95 Å². The summed E-state index contributed by atoms with van der Waals surface area (Å²) in [5.74, 6) is -5.53. The Bertz CT molecular complexity index is 1980. The van der Waals surface area contributed by atoms with Gasteiger partial charge in [-0.05, 0) is 109 Å². The summed E-state index contributed by atoms with van der Waals surface area (Å²) < 4.78 is 58.5. The minimum absolute atomic E-state index is 0.139. The van der Waals surface area contributed by atoms with Crippen LogP contribution in [0.4, 0.5) is 0 Å². The lowest BCUT2D eigenvalue weighted by atomic mass is 9.76. The molecule has 0 bridgehead atoms. The highest BCUT2D eigenvalue weighted by molar-refractivity contribution is 9.10. The standard InChI is InChI=1S/C49H67Br2NO14/c1-24-22-49(23-59-49)44(54)28(5)41(64-46(56)32-12-16-34(50)17-13-32)26(3)30(7)62-45(55)29(6)42(27(4)40(24)66-48-39(53)36(52(9)10)20-25(2)60-48)63-38-21-37(58-11)43(31(8)61-38)65-47(57)33-14-18-35(51)19-15-33/h12-19,24-31,36-43,48,53H,20-23H2,1-11H3. The van der Waals surface area contributed by atoms with Crippen LogP contribution in [0.3, 0.4) is 0 Å². The van der Waals surface area contributed by atoms with Crippen molar-refractivity contribution in [2.75, 3.05) is 27.8 Å². The first-order valence-corrected chi connectivity index (χ1v) is 24.5. The number of halogens is 2. The highest BCUT2D eigenvalue weighted by atomic mass is 79.9. The van der Waals surface area contributed by atoms with Crippen molar-refractivity contribution >= 4 is 55.6 Å². The van der Waals surface area contributed by atoms with E-state index in [9.17, 15) is 24.3 Å². The molecule has 4 aliphatic heterocycles. The fourth-order valence-corrected chi connectivity index (χ4v) is 10.3. The van der Waals surface area contributed by atoms with Crippen LogP contribution in [0.1, 0.15) is 95.4 Å². The number of aliphatic hydroxyl groups excluding tert-OH is 1. The molecule has 17 heteroatoms. The van der Waals surface area contributed by atoms with E-state index >= 15 is 0 Å². The summed E-state index contributed by atoms with van der Waals surface area (Å²) >= 11 is 6.80. The Hall–Kier alpha value is -2.84. The predicted octanol–water partition coefficient (Wildman–Crippen LogP) is 7.16. The Kier molecular flexibility index (Phi) is 17.7. The number of hydrogen-bond acceptors (Lipinski definition) is 15. The monoisotopic (exact) mass is 1050 g/mol. The molecule has 0 aromatic heterocycles. The van der Waals surface area contributed by atoms with Gasteiger partial charge in [0.15, 0.2) is 30.1 Å². The Morgan fingerprint density at radius 1 is 0.727 bits per heavy atom. The molecule has 1 spiro atoms. The first-order chi connectivity index (χ1) is 31.1. The molecule has 0 radical (unpaired) electrons. The third-order valence-corrected chi connectivity index (χ3v) is 15.0. The number of aliphatic hydroxyl groups is 1. The molecule has 18 atom stereocenters. The number of ketones is 1. The maximum Gasteiger partial charge on any atom is 0.338 e. The van der Waals surface area contributed by atoms with Gasteiger partial charge in [-0.15, -0.1) is 0 Å². The summed E-state index contributed by atoms with van der Waals surface area (Å²) in [6.07, 6.45) is -8.11. The lowest BCUT2D eigenvalue weighted by molar-refractivity contribution is -0.298.